The van der Waals surface area contributed by atoms with Crippen LogP contribution in [0.5, 0.6) is 0 Å². The Balaban J connectivity index is 0.00000128. The van der Waals surface area contributed by atoms with E-state index < -0.39 is 0 Å². The first-order valence-electron chi connectivity index (χ1n) is 10.3. The number of nitrogens with one attached hydrogen (secondary N) is 1. The third-order valence-electron chi connectivity index (χ3n) is 6.60. The number of halogens is 3. The number of anilines is 1. The molecule has 0 saturated carbocycles. The molecule has 0 bridgehead atoms. The Morgan fingerprint density at radius 2 is 1.73 bits per heavy atom. The van der Waals surface area contributed by atoms with Gasteiger partial charge >= 0.3 is 0 Å². The molecule has 2 aromatic rings. The first kappa shape index (κ1) is 22.9. The van der Waals surface area contributed by atoms with E-state index in [0.29, 0.717) is 11.8 Å². The van der Waals surface area contributed by atoms with Crippen LogP contribution in [0.25, 0.3) is 0 Å². The van der Waals surface area contributed by atoms with Crippen LogP contribution in [-0.4, -0.2) is 43.5 Å². The van der Waals surface area contributed by atoms with E-state index >= 15 is 0 Å². The molecule has 0 aliphatic carbocycles. The van der Waals surface area contributed by atoms with E-state index in [1.165, 1.54) is 24.6 Å². The predicted octanol–water partition coefficient (Wildman–Crippen LogP) is 4.30. The molecular weight excluding hydrogens is 424 g/mol. The Bertz CT molecular complexity index is 873. The maximum Gasteiger partial charge on any atom is 0.254 e. The molecule has 30 heavy (non-hydrogen) atoms. The standard InChI is InChI=1S/C23H26FN3O.2ClH/c24-19-5-3-4-17(12-19)22-21-14-25-13-18(21)15-27(22)23(28)16-6-8-20(9-7-16)26-10-1-2-11-26;;/h3-9,12,18,21-22,25H,1-2,10-11,13-15H2;2*1H/t18-,21-,22+;;/m0../s1. The summed E-state index contributed by atoms with van der Waals surface area (Å²) in [6.07, 6.45) is 2.47. The number of nitrogens with zero attached hydrogens (tertiary/aromatic N) is 2. The SMILES string of the molecule is Cl.Cl.O=C(c1ccc(N2CCCC2)cc1)N1C[C@@H]2CNC[C@@H]2[C@H]1c1cccc(F)c1. The van der Waals surface area contributed by atoms with Gasteiger partial charge in [-0.1, -0.05) is 12.1 Å². The normalized spacial score (nSPS) is 24.9. The molecule has 3 heterocycles. The van der Waals surface area contributed by atoms with Gasteiger partial charge < -0.3 is 15.1 Å². The summed E-state index contributed by atoms with van der Waals surface area (Å²) >= 11 is 0. The van der Waals surface area contributed by atoms with Crippen molar-refractivity contribution in [2.24, 2.45) is 11.8 Å². The van der Waals surface area contributed by atoms with Crippen molar-refractivity contribution in [2.45, 2.75) is 18.9 Å². The maximum absolute atomic E-state index is 13.9. The van der Waals surface area contributed by atoms with Crippen LogP contribution in [0.4, 0.5) is 10.1 Å². The number of hydrogen-bond acceptors (Lipinski definition) is 3. The van der Waals surface area contributed by atoms with Gasteiger partial charge in [-0.2, -0.15) is 0 Å². The zero-order valence-corrected chi connectivity index (χ0v) is 18.4. The fourth-order valence-electron chi connectivity index (χ4n) is 5.20. The van der Waals surface area contributed by atoms with E-state index in [1.54, 1.807) is 12.1 Å². The second-order valence-corrected chi connectivity index (χ2v) is 8.28. The molecule has 3 atom stereocenters. The summed E-state index contributed by atoms with van der Waals surface area (Å²) < 4.78 is 13.9. The average Bonchev–Trinajstić information content (AvgIpc) is 3.44. The Kier molecular flexibility index (Phi) is 7.27. The Labute approximate surface area is 189 Å². The predicted molar refractivity (Wildman–Crippen MR) is 122 cm³/mol. The second-order valence-electron chi connectivity index (χ2n) is 8.28. The molecule has 0 aromatic heterocycles. The van der Waals surface area contributed by atoms with Crippen molar-refractivity contribution in [2.75, 3.05) is 37.6 Å². The molecule has 7 heteroatoms. The van der Waals surface area contributed by atoms with Crippen LogP contribution in [0.15, 0.2) is 48.5 Å². The van der Waals surface area contributed by atoms with E-state index in [-0.39, 0.29) is 42.6 Å². The van der Waals surface area contributed by atoms with Crippen molar-refractivity contribution in [3.63, 3.8) is 0 Å². The largest absolute Gasteiger partial charge is 0.372 e. The van der Waals surface area contributed by atoms with Crippen LogP contribution in [-0.2, 0) is 0 Å². The summed E-state index contributed by atoms with van der Waals surface area (Å²) in [5, 5.41) is 3.44. The zero-order valence-electron chi connectivity index (χ0n) is 16.8. The Morgan fingerprint density at radius 1 is 1.00 bits per heavy atom. The minimum absolute atomic E-state index is 0. The zero-order chi connectivity index (χ0) is 19.1. The number of amides is 1. The second kappa shape index (κ2) is 9.54. The number of carbonyl (C=O) groups excluding carboxylic acids is 1. The molecule has 0 radical (unpaired) electrons. The van der Waals surface area contributed by atoms with E-state index in [4.69, 9.17) is 0 Å². The highest BCUT2D eigenvalue weighted by Crippen LogP contribution is 2.43. The van der Waals surface area contributed by atoms with Gasteiger partial charge in [-0.15, -0.1) is 24.8 Å². The average molecular weight is 452 g/mol. The summed E-state index contributed by atoms with van der Waals surface area (Å²) in [5.41, 5.74) is 2.81. The van der Waals surface area contributed by atoms with Gasteiger partial charge in [0.05, 0.1) is 6.04 Å². The van der Waals surface area contributed by atoms with Crippen LogP contribution in [0.1, 0.15) is 34.8 Å². The first-order valence-corrected chi connectivity index (χ1v) is 10.3. The van der Waals surface area contributed by atoms with Crippen molar-refractivity contribution < 1.29 is 9.18 Å². The minimum atomic E-state index is -0.241. The molecule has 1 amide bonds. The van der Waals surface area contributed by atoms with Gasteiger partial charge in [0.2, 0.25) is 0 Å². The first-order chi connectivity index (χ1) is 13.7. The Hall–Kier alpha value is -1.82. The van der Waals surface area contributed by atoms with Gasteiger partial charge in [0.15, 0.2) is 0 Å². The van der Waals surface area contributed by atoms with Crippen LogP contribution in [0.3, 0.4) is 0 Å². The van der Waals surface area contributed by atoms with Crippen molar-refractivity contribution in [3.8, 4) is 0 Å². The molecule has 3 fully saturated rings. The summed E-state index contributed by atoms with van der Waals surface area (Å²) in [4.78, 5) is 17.7. The number of fused-ring (bicyclic) bond motifs is 1. The lowest BCUT2D eigenvalue weighted by Crippen LogP contribution is -2.34. The van der Waals surface area contributed by atoms with Gasteiger partial charge in [0, 0.05) is 49.9 Å². The van der Waals surface area contributed by atoms with Gasteiger partial charge in [-0.05, 0) is 60.7 Å². The number of carbonyl (C=O) groups is 1. The summed E-state index contributed by atoms with van der Waals surface area (Å²) in [6, 6.07) is 14.7. The number of likely N-dealkylation sites (tertiary alicyclic amines) is 1. The van der Waals surface area contributed by atoms with Gasteiger partial charge in [-0.3, -0.25) is 4.79 Å². The van der Waals surface area contributed by atoms with Crippen molar-refractivity contribution in [1.29, 1.82) is 0 Å². The molecule has 2 aromatic carbocycles. The molecule has 0 unspecified atom stereocenters. The molecule has 3 aliphatic rings. The Morgan fingerprint density at radius 3 is 2.43 bits per heavy atom. The van der Waals surface area contributed by atoms with Gasteiger partial charge in [0.1, 0.15) is 5.82 Å². The topological polar surface area (TPSA) is 35.6 Å². The van der Waals surface area contributed by atoms with Gasteiger partial charge in [0.25, 0.3) is 5.91 Å². The fraction of sp³-hybridized carbons (Fsp3) is 0.435. The van der Waals surface area contributed by atoms with Crippen LogP contribution in [0.2, 0.25) is 0 Å². The molecule has 4 nitrogen and oxygen atoms in total. The molecular formula is C23H28Cl2FN3O. The molecule has 3 aliphatic heterocycles. The molecule has 1 N–H and O–H groups in total. The van der Waals surface area contributed by atoms with Crippen LogP contribution >= 0.6 is 24.8 Å². The molecule has 5 rings (SSSR count). The fourth-order valence-corrected chi connectivity index (χ4v) is 5.20. The smallest absolute Gasteiger partial charge is 0.254 e. The molecule has 0 spiro atoms. The lowest BCUT2D eigenvalue weighted by Gasteiger charge is -2.29. The third kappa shape index (κ3) is 4.16. The summed E-state index contributed by atoms with van der Waals surface area (Å²) in [6.45, 7) is 4.72. The third-order valence-corrected chi connectivity index (χ3v) is 6.60. The monoisotopic (exact) mass is 451 g/mol. The van der Waals surface area contributed by atoms with Crippen LogP contribution in [0, 0.1) is 17.7 Å². The number of hydrogen-bond donors (Lipinski definition) is 1. The van der Waals surface area contributed by atoms with Crippen LogP contribution < -0.4 is 10.2 Å². The van der Waals surface area contributed by atoms with Crippen molar-refractivity contribution in [3.05, 3.63) is 65.5 Å². The highest BCUT2D eigenvalue weighted by atomic mass is 35.5. The summed E-state index contributed by atoms with van der Waals surface area (Å²) in [5.74, 6) is 0.585. The maximum atomic E-state index is 13.9. The molecule has 3 saturated heterocycles. The number of benzene rings is 2. The van der Waals surface area contributed by atoms with E-state index in [0.717, 1.165) is 43.9 Å². The van der Waals surface area contributed by atoms with Crippen molar-refractivity contribution in [1.82, 2.24) is 10.2 Å². The van der Waals surface area contributed by atoms with Gasteiger partial charge in [-0.25, -0.2) is 4.39 Å². The lowest BCUT2D eigenvalue weighted by atomic mass is 9.89. The van der Waals surface area contributed by atoms with E-state index in [9.17, 15) is 9.18 Å². The lowest BCUT2D eigenvalue weighted by molar-refractivity contribution is 0.0714. The highest BCUT2D eigenvalue weighted by molar-refractivity contribution is 5.95. The highest BCUT2D eigenvalue weighted by Gasteiger charge is 2.46. The van der Waals surface area contributed by atoms with E-state index in [2.05, 4.69) is 22.3 Å². The molecule has 162 valence electrons. The van der Waals surface area contributed by atoms with E-state index in [1.807, 2.05) is 23.1 Å². The summed E-state index contributed by atoms with van der Waals surface area (Å²) in [7, 11) is 0. The van der Waals surface area contributed by atoms with Crippen molar-refractivity contribution >= 4 is 36.4 Å². The minimum Gasteiger partial charge on any atom is -0.372 e. The quantitative estimate of drug-likeness (QED) is 0.755. The number of rotatable bonds is 3.